The van der Waals surface area contributed by atoms with Crippen molar-refractivity contribution < 1.29 is 9.47 Å². The third kappa shape index (κ3) is 2.83. The number of benzene rings is 2. The highest BCUT2D eigenvalue weighted by Gasteiger charge is 2.20. The summed E-state index contributed by atoms with van der Waals surface area (Å²) in [4.78, 5) is 2.02. The van der Waals surface area contributed by atoms with Gasteiger partial charge >= 0.3 is 0 Å². The molecule has 4 nitrogen and oxygen atoms in total. The first kappa shape index (κ1) is 13.5. The Bertz CT molecular complexity index is 664. The van der Waals surface area contributed by atoms with Crippen LogP contribution in [0.2, 0.25) is 0 Å². The van der Waals surface area contributed by atoms with Crippen LogP contribution >= 0.6 is 0 Å². The first-order chi connectivity index (χ1) is 10.3. The van der Waals surface area contributed by atoms with Crippen molar-refractivity contribution in [3.63, 3.8) is 0 Å². The fraction of sp³-hybridized carbons (Fsp3) is 0.235. The monoisotopic (exact) mass is 280 g/mol. The maximum atomic E-state index is 9.51. The molecule has 1 aliphatic rings. The summed E-state index contributed by atoms with van der Waals surface area (Å²) in [6.07, 6.45) is 0. The molecule has 21 heavy (non-hydrogen) atoms. The third-order valence-corrected chi connectivity index (χ3v) is 3.55. The van der Waals surface area contributed by atoms with Gasteiger partial charge in [-0.05, 0) is 30.3 Å². The number of ether oxygens (including phenoxy) is 2. The molecule has 0 spiro atoms. The second-order valence-electron chi connectivity index (χ2n) is 5.05. The Labute approximate surface area is 124 Å². The van der Waals surface area contributed by atoms with Gasteiger partial charge in [-0.3, -0.25) is 4.90 Å². The molecule has 0 bridgehead atoms. The van der Waals surface area contributed by atoms with Gasteiger partial charge in [0, 0.05) is 6.54 Å². The summed E-state index contributed by atoms with van der Waals surface area (Å²) in [5.41, 5.74) is 2.10. The van der Waals surface area contributed by atoms with E-state index < -0.39 is 0 Å². The van der Waals surface area contributed by atoms with Gasteiger partial charge in [0.25, 0.3) is 0 Å². The van der Waals surface area contributed by atoms with Crippen molar-refractivity contribution in [1.82, 2.24) is 4.90 Å². The van der Waals surface area contributed by atoms with Gasteiger partial charge in [-0.25, -0.2) is 0 Å². The van der Waals surface area contributed by atoms with Crippen molar-refractivity contribution in [2.75, 3.05) is 13.8 Å². The second-order valence-corrected chi connectivity index (χ2v) is 5.05. The van der Waals surface area contributed by atoms with E-state index in [4.69, 9.17) is 9.47 Å². The molecular formula is C17H16N2O2. The maximum Gasteiger partial charge on any atom is 0.231 e. The van der Waals surface area contributed by atoms with Gasteiger partial charge in [0.1, 0.15) is 6.04 Å². The summed E-state index contributed by atoms with van der Waals surface area (Å²) in [5.74, 6) is 1.45. The van der Waals surface area contributed by atoms with Gasteiger partial charge in [0.2, 0.25) is 6.79 Å². The van der Waals surface area contributed by atoms with Crippen LogP contribution in [0.3, 0.4) is 0 Å². The van der Waals surface area contributed by atoms with E-state index in [0.717, 1.165) is 11.3 Å². The Morgan fingerprint density at radius 2 is 1.90 bits per heavy atom. The summed E-state index contributed by atoms with van der Waals surface area (Å²) in [6.45, 7) is 0.962. The fourth-order valence-electron chi connectivity index (χ4n) is 2.47. The Balaban J connectivity index is 1.80. The number of rotatable bonds is 4. The lowest BCUT2D eigenvalue weighted by atomic mass is 10.1. The quantitative estimate of drug-likeness (QED) is 0.863. The SMILES string of the molecule is CN(Cc1ccccc1)C(C#N)c1ccc2c(c1)OCO2. The number of nitrogens with zero attached hydrogens (tertiary/aromatic N) is 2. The average molecular weight is 280 g/mol. The van der Waals surface area contributed by atoms with Crippen molar-refractivity contribution in [3.8, 4) is 17.6 Å². The van der Waals surface area contributed by atoms with Crippen LogP contribution in [0.25, 0.3) is 0 Å². The van der Waals surface area contributed by atoms with Crippen LogP contribution in [0.5, 0.6) is 11.5 Å². The van der Waals surface area contributed by atoms with Crippen molar-refractivity contribution in [2.24, 2.45) is 0 Å². The zero-order valence-corrected chi connectivity index (χ0v) is 11.8. The Morgan fingerprint density at radius 3 is 2.67 bits per heavy atom. The van der Waals surface area contributed by atoms with Crippen molar-refractivity contribution in [2.45, 2.75) is 12.6 Å². The first-order valence-electron chi connectivity index (χ1n) is 6.81. The molecule has 0 aromatic heterocycles. The fourth-order valence-corrected chi connectivity index (χ4v) is 2.47. The highest BCUT2D eigenvalue weighted by atomic mass is 16.7. The molecule has 1 atom stereocenters. The van der Waals surface area contributed by atoms with E-state index in [2.05, 4.69) is 18.2 Å². The van der Waals surface area contributed by atoms with Crippen molar-refractivity contribution >= 4 is 0 Å². The molecule has 4 heteroatoms. The molecule has 1 aliphatic heterocycles. The summed E-state index contributed by atoms with van der Waals surface area (Å²) in [5, 5.41) is 9.51. The highest BCUT2D eigenvalue weighted by Crippen LogP contribution is 2.35. The third-order valence-electron chi connectivity index (χ3n) is 3.55. The predicted octanol–water partition coefficient (Wildman–Crippen LogP) is 3.11. The molecule has 0 amide bonds. The van der Waals surface area contributed by atoms with Crippen molar-refractivity contribution in [1.29, 1.82) is 5.26 Å². The largest absolute Gasteiger partial charge is 0.454 e. The molecule has 0 radical (unpaired) electrons. The van der Waals surface area contributed by atoms with Gasteiger partial charge < -0.3 is 9.47 Å². The molecule has 0 aliphatic carbocycles. The zero-order valence-electron chi connectivity index (χ0n) is 11.8. The van der Waals surface area contributed by atoms with Gasteiger partial charge in [-0.2, -0.15) is 5.26 Å². The number of hydrogen-bond donors (Lipinski definition) is 0. The van der Waals surface area contributed by atoms with Crippen LogP contribution in [-0.4, -0.2) is 18.7 Å². The molecule has 0 saturated heterocycles. The lowest BCUT2D eigenvalue weighted by molar-refractivity contribution is 0.174. The van der Waals surface area contributed by atoms with Gasteiger partial charge in [-0.15, -0.1) is 0 Å². The summed E-state index contributed by atoms with van der Waals surface area (Å²) >= 11 is 0. The van der Waals surface area contributed by atoms with E-state index in [1.54, 1.807) is 0 Å². The second kappa shape index (κ2) is 5.86. The van der Waals surface area contributed by atoms with Crippen LogP contribution in [0.1, 0.15) is 17.2 Å². The van der Waals surface area contributed by atoms with Crippen LogP contribution in [0, 0.1) is 11.3 Å². The van der Waals surface area contributed by atoms with E-state index >= 15 is 0 Å². The molecule has 0 fully saturated rings. The first-order valence-corrected chi connectivity index (χ1v) is 6.81. The molecule has 0 saturated carbocycles. The van der Waals surface area contributed by atoms with Crippen LogP contribution in [-0.2, 0) is 6.54 Å². The van der Waals surface area contributed by atoms with E-state index in [1.807, 2.05) is 48.3 Å². The summed E-state index contributed by atoms with van der Waals surface area (Å²) in [6, 6.07) is 17.8. The zero-order chi connectivity index (χ0) is 14.7. The Morgan fingerprint density at radius 1 is 1.14 bits per heavy atom. The number of nitriles is 1. The van der Waals surface area contributed by atoms with Crippen LogP contribution in [0.15, 0.2) is 48.5 Å². The molecule has 1 unspecified atom stereocenters. The van der Waals surface area contributed by atoms with Crippen LogP contribution < -0.4 is 9.47 Å². The minimum Gasteiger partial charge on any atom is -0.454 e. The van der Waals surface area contributed by atoms with Crippen LogP contribution in [0.4, 0.5) is 0 Å². The highest BCUT2D eigenvalue weighted by molar-refractivity contribution is 5.46. The van der Waals surface area contributed by atoms with Gasteiger partial charge in [-0.1, -0.05) is 36.4 Å². The van der Waals surface area contributed by atoms with E-state index in [0.29, 0.717) is 12.3 Å². The molecule has 106 valence electrons. The summed E-state index contributed by atoms with van der Waals surface area (Å²) in [7, 11) is 1.95. The Kier molecular flexibility index (Phi) is 3.76. The topological polar surface area (TPSA) is 45.5 Å². The summed E-state index contributed by atoms with van der Waals surface area (Å²) < 4.78 is 10.7. The maximum absolute atomic E-state index is 9.51. The van der Waals surface area contributed by atoms with Crippen molar-refractivity contribution in [3.05, 3.63) is 59.7 Å². The molecular weight excluding hydrogens is 264 g/mol. The lowest BCUT2D eigenvalue weighted by Crippen LogP contribution is -2.23. The van der Waals surface area contributed by atoms with E-state index in [1.165, 1.54) is 5.56 Å². The molecule has 0 N–H and O–H groups in total. The van der Waals surface area contributed by atoms with Gasteiger partial charge in [0.15, 0.2) is 11.5 Å². The predicted molar refractivity (Wildman–Crippen MR) is 78.8 cm³/mol. The molecule has 3 rings (SSSR count). The minimum absolute atomic E-state index is 0.246. The molecule has 2 aromatic carbocycles. The molecule has 1 heterocycles. The average Bonchev–Trinajstić information content (AvgIpc) is 2.96. The lowest BCUT2D eigenvalue weighted by Gasteiger charge is -2.23. The minimum atomic E-state index is -0.320. The standard InChI is InChI=1S/C17H16N2O2/c1-19(11-13-5-3-2-4-6-13)15(10-18)14-7-8-16-17(9-14)21-12-20-16/h2-9,15H,11-12H2,1H3. The normalized spacial score (nSPS) is 14.0. The van der Waals surface area contributed by atoms with E-state index in [9.17, 15) is 5.26 Å². The smallest absolute Gasteiger partial charge is 0.231 e. The molecule has 2 aromatic rings. The number of hydrogen-bond acceptors (Lipinski definition) is 4. The Hall–Kier alpha value is -2.51. The van der Waals surface area contributed by atoms with Gasteiger partial charge in [0.05, 0.1) is 6.07 Å². The number of fused-ring (bicyclic) bond motifs is 1. The van der Waals surface area contributed by atoms with E-state index in [-0.39, 0.29) is 12.8 Å².